The summed E-state index contributed by atoms with van der Waals surface area (Å²) in [6.07, 6.45) is 2.82. The molecule has 0 unspecified atom stereocenters. The number of aromatic hydroxyl groups is 1. The molecular formula is C53H70N2O13. The Morgan fingerprint density at radius 1 is 0.515 bits per heavy atom. The highest BCUT2D eigenvalue weighted by molar-refractivity contribution is 5.85. The van der Waals surface area contributed by atoms with Crippen molar-refractivity contribution < 1.29 is 62.2 Å². The van der Waals surface area contributed by atoms with Crippen molar-refractivity contribution in [3.05, 3.63) is 131 Å². The van der Waals surface area contributed by atoms with Crippen LogP contribution in [0.4, 0.5) is 0 Å². The molecule has 4 aromatic carbocycles. The van der Waals surface area contributed by atoms with Crippen molar-refractivity contribution in [3.8, 4) is 11.5 Å². The van der Waals surface area contributed by atoms with Gasteiger partial charge in [-0.05, 0) is 80.1 Å². The lowest BCUT2D eigenvalue weighted by Crippen LogP contribution is -2.43. The summed E-state index contributed by atoms with van der Waals surface area (Å²) in [6, 6.07) is 30.9. The van der Waals surface area contributed by atoms with Gasteiger partial charge in [-0.2, -0.15) is 0 Å². The van der Waals surface area contributed by atoms with Crippen LogP contribution in [0, 0.1) is 0 Å². The van der Waals surface area contributed by atoms with Crippen LogP contribution in [-0.4, -0.2) is 98.8 Å². The maximum atomic E-state index is 12.9. The fraction of sp³-hybridized carbons (Fsp3) is 0.453. The van der Waals surface area contributed by atoms with E-state index in [0.29, 0.717) is 45.4 Å². The normalized spacial score (nSPS) is 11.8. The first-order chi connectivity index (χ1) is 32.7. The van der Waals surface area contributed by atoms with Crippen LogP contribution in [0.2, 0.25) is 0 Å². The van der Waals surface area contributed by atoms with Gasteiger partial charge in [0, 0.05) is 38.9 Å². The standard InChI is InChI=1S/C31H43NO8.C22H27NO5/c1-5-17-36-18-15-28(33)32-27(30(35)39-23-25-9-7-6-8-10-25)22-24-11-13-26(14-12-24)38-21-20-37-19-16-29(34)40-31(2,3)4;1-2-13-27-14-12-21(25)23-20(15-17-8-10-19(24)11-9-17)22(26)28-16-18-6-4-3-5-7-18/h6-14,27H,5,15-23H2,1-4H3,(H,32,33);3-11,20,24H,2,12-16H2,1H3,(H,23,25)/t27-;20-/m00/s1. The molecule has 0 saturated carbocycles. The number of phenols is 1. The lowest BCUT2D eigenvalue weighted by atomic mass is 10.1. The van der Waals surface area contributed by atoms with E-state index in [1.54, 1.807) is 36.4 Å². The monoisotopic (exact) mass is 942 g/mol. The van der Waals surface area contributed by atoms with Crippen LogP contribution in [0.5, 0.6) is 11.5 Å². The Morgan fingerprint density at radius 2 is 0.941 bits per heavy atom. The van der Waals surface area contributed by atoms with Crippen molar-refractivity contribution in [2.75, 3.05) is 46.2 Å². The average Bonchev–Trinajstić information content (AvgIpc) is 3.32. The summed E-state index contributed by atoms with van der Waals surface area (Å²) in [5.74, 6) is -1.06. The predicted molar refractivity (Wildman–Crippen MR) is 257 cm³/mol. The number of hydrogen-bond acceptors (Lipinski definition) is 13. The molecule has 0 saturated heterocycles. The van der Waals surface area contributed by atoms with Crippen LogP contribution < -0.4 is 15.4 Å². The molecule has 370 valence electrons. The maximum Gasteiger partial charge on any atom is 0.329 e. The van der Waals surface area contributed by atoms with Crippen LogP contribution in [0.3, 0.4) is 0 Å². The molecule has 0 bridgehead atoms. The van der Waals surface area contributed by atoms with Crippen LogP contribution in [0.15, 0.2) is 109 Å². The molecule has 3 N–H and O–H groups in total. The van der Waals surface area contributed by atoms with Crippen LogP contribution in [0.25, 0.3) is 0 Å². The third-order valence-electron chi connectivity index (χ3n) is 9.44. The Balaban J connectivity index is 0.000000383. The first-order valence-corrected chi connectivity index (χ1v) is 23.2. The first kappa shape index (κ1) is 56.0. The van der Waals surface area contributed by atoms with Gasteiger partial charge in [0.25, 0.3) is 0 Å². The number of phenolic OH excluding ortho intramolecular Hbond substituents is 1. The second kappa shape index (κ2) is 32.4. The van der Waals surface area contributed by atoms with Gasteiger partial charge in [-0.3, -0.25) is 14.4 Å². The van der Waals surface area contributed by atoms with Crippen LogP contribution >= 0.6 is 0 Å². The number of benzene rings is 4. The minimum Gasteiger partial charge on any atom is -0.508 e. The van der Waals surface area contributed by atoms with E-state index in [-0.39, 0.29) is 75.5 Å². The predicted octanol–water partition coefficient (Wildman–Crippen LogP) is 7.38. The second-order valence-electron chi connectivity index (χ2n) is 16.7. The smallest absolute Gasteiger partial charge is 0.329 e. The van der Waals surface area contributed by atoms with Gasteiger partial charge in [0.1, 0.15) is 49.0 Å². The van der Waals surface area contributed by atoms with Crippen molar-refractivity contribution >= 4 is 29.7 Å². The van der Waals surface area contributed by atoms with Gasteiger partial charge < -0.3 is 48.9 Å². The summed E-state index contributed by atoms with van der Waals surface area (Å²) in [7, 11) is 0. The number of esters is 3. The van der Waals surface area contributed by atoms with Gasteiger partial charge >= 0.3 is 17.9 Å². The second-order valence-corrected chi connectivity index (χ2v) is 16.7. The number of carbonyl (C=O) groups excluding carboxylic acids is 5. The molecule has 0 spiro atoms. The molecule has 15 nitrogen and oxygen atoms in total. The maximum absolute atomic E-state index is 12.9. The molecule has 68 heavy (non-hydrogen) atoms. The molecular weight excluding hydrogens is 873 g/mol. The van der Waals surface area contributed by atoms with E-state index in [9.17, 15) is 29.1 Å². The molecule has 0 aromatic heterocycles. The Morgan fingerprint density at radius 3 is 1.38 bits per heavy atom. The molecule has 15 heteroatoms. The van der Waals surface area contributed by atoms with Crippen molar-refractivity contribution in [2.24, 2.45) is 0 Å². The SMILES string of the molecule is CCCOCCC(=O)N[C@@H](Cc1ccc(O)cc1)C(=O)OCc1ccccc1.CCCOCCC(=O)N[C@@H](Cc1ccc(OCCOCCC(=O)OC(C)(C)C)cc1)C(=O)OCc1ccccc1. The number of carbonyl (C=O) groups is 5. The number of ether oxygens (including phenoxy) is 7. The van der Waals surface area contributed by atoms with E-state index in [2.05, 4.69) is 10.6 Å². The molecule has 0 heterocycles. The molecule has 0 radical (unpaired) electrons. The molecule has 0 fully saturated rings. The van der Waals surface area contributed by atoms with E-state index < -0.39 is 29.6 Å². The molecule has 4 aromatic rings. The number of amides is 2. The summed E-state index contributed by atoms with van der Waals surface area (Å²) >= 11 is 0. The quantitative estimate of drug-likeness (QED) is 0.0278. The lowest BCUT2D eigenvalue weighted by Gasteiger charge is -2.19. The Bertz CT molecular complexity index is 2040. The fourth-order valence-corrected chi connectivity index (χ4v) is 6.09. The molecule has 4 rings (SSSR count). The van der Waals surface area contributed by atoms with Crippen LogP contribution in [0.1, 0.15) is 89.0 Å². The minimum absolute atomic E-state index is 0.123. The third-order valence-corrected chi connectivity index (χ3v) is 9.44. The van der Waals surface area contributed by atoms with Crippen LogP contribution in [-0.2, 0) is 78.4 Å². The van der Waals surface area contributed by atoms with Gasteiger partial charge in [-0.15, -0.1) is 0 Å². The highest BCUT2D eigenvalue weighted by Gasteiger charge is 2.25. The van der Waals surface area contributed by atoms with Crippen molar-refractivity contribution in [1.82, 2.24) is 10.6 Å². The largest absolute Gasteiger partial charge is 0.508 e. The third kappa shape index (κ3) is 25.6. The zero-order chi connectivity index (χ0) is 49.4. The van der Waals surface area contributed by atoms with Gasteiger partial charge in [0.05, 0.1) is 32.8 Å². The number of rotatable bonds is 29. The van der Waals surface area contributed by atoms with Gasteiger partial charge in [-0.1, -0.05) is 98.8 Å². The van der Waals surface area contributed by atoms with Gasteiger partial charge in [0.15, 0.2) is 0 Å². The zero-order valence-corrected chi connectivity index (χ0v) is 40.2. The van der Waals surface area contributed by atoms with Gasteiger partial charge in [-0.25, -0.2) is 9.59 Å². The molecule has 0 aliphatic rings. The Labute approximate surface area is 401 Å². The van der Waals surface area contributed by atoms with E-state index >= 15 is 0 Å². The topological polar surface area (TPSA) is 194 Å². The molecule has 0 aliphatic heterocycles. The first-order valence-electron chi connectivity index (χ1n) is 23.2. The summed E-state index contributed by atoms with van der Waals surface area (Å²) < 4.78 is 38.0. The Kier molecular flexibility index (Phi) is 26.7. The highest BCUT2D eigenvalue weighted by Crippen LogP contribution is 2.16. The molecule has 0 aliphatic carbocycles. The van der Waals surface area contributed by atoms with E-state index in [4.69, 9.17) is 33.2 Å². The van der Waals surface area contributed by atoms with E-state index in [1.165, 1.54) is 0 Å². The van der Waals surface area contributed by atoms with E-state index in [1.807, 2.05) is 107 Å². The van der Waals surface area contributed by atoms with Crippen molar-refractivity contribution in [2.45, 2.75) is 110 Å². The Hall–Kier alpha value is -6.29. The minimum atomic E-state index is -0.840. The summed E-state index contributed by atoms with van der Waals surface area (Å²) in [5.41, 5.74) is 2.87. The summed E-state index contributed by atoms with van der Waals surface area (Å²) in [6.45, 7) is 12.4. The van der Waals surface area contributed by atoms with E-state index in [0.717, 1.165) is 35.1 Å². The molecule has 2 amide bonds. The van der Waals surface area contributed by atoms with Gasteiger partial charge in [0.2, 0.25) is 11.8 Å². The zero-order valence-electron chi connectivity index (χ0n) is 40.2. The lowest BCUT2D eigenvalue weighted by molar-refractivity contribution is -0.156. The summed E-state index contributed by atoms with van der Waals surface area (Å²) in [5, 5.41) is 15.0. The van der Waals surface area contributed by atoms with Crippen molar-refractivity contribution in [3.63, 3.8) is 0 Å². The number of hydrogen-bond donors (Lipinski definition) is 3. The molecule has 2 atom stereocenters. The summed E-state index contributed by atoms with van der Waals surface area (Å²) in [4.78, 5) is 61.9. The number of nitrogens with one attached hydrogen (secondary N) is 2. The van der Waals surface area contributed by atoms with Crippen molar-refractivity contribution in [1.29, 1.82) is 0 Å². The fourth-order valence-electron chi connectivity index (χ4n) is 6.09. The highest BCUT2D eigenvalue weighted by atomic mass is 16.6. The average molecular weight is 943 g/mol.